The molecule has 1 amide bonds. The zero-order chi connectivity index (χ0) is 23.4. The molecule has 1 aromatic carbocycles. The lowest BCUT2D eigenvalue weighted by atomic mass is 10.1. The Morgan fingerprint density at radius 1 is 1.21 bits per heavy atom. The fourth-order valence-electron chi connectivity index (χ4n) is 3.86. The number of nitrogens with one attached hydrogen (secondary N) is 2. The van der Waals surface area contributed by atoms with Crippen LogP contribution in [0.2, 0.25) is 15.1 Å². The van der Waals surface area contributed by atoms with Gasteiger partial charge < -0.3 is 24.9 Å². The van der Waals surface area contributed by atoms with Crippen molar-refractivity contribution in [1.29, 1.82) is 0 Å². The number of halogens is 3. The van der Waals surface area contributed by atoms with E-state index in [4.69, 9.17) is 44.0 Å². The van der Waals surface area contributed by atoms with Crippen LogP contribution in [0.3, 0.4) is 0 Å². The van der Waals surface area contributed by atoms with E-state index in [1.54, 1.807) is 19.2 Å². The number of nitrogens with zero attached hydrogens (tertiary/aromatic N) is 1. The number of thiophene rings is 1. The summed E-state index contributed by atoms with van der Waals surface area (Å²) in [6, 6.07) is 6.70. The van der Waals surface area contributed by atoms with Crippen molar-refractivity contribution < 1.29 is 19.1 Å². The van der Waals surface area contributed by atoms with Crippen LogP contribution in [0, 0.1) is 6.92 Å². The average molecular weight is 525 g/mol. The quantitative estimate of drug-likeness (QED) is 0.263. The zero-order valence-corrected chi connectivity index (χ0v) is 20.3. The second kappa shape index (κ2) is 8.38. The number of benzene rings is 1. The Morgan fingerprint density at radius 2 is 2.00 bits per heavy atom. The fourth-order valence-corrected chi connectivity index (χ4v) is 5.69. The highest BCUT2D eigenvalue weighted by Crippen LogP contribution is 2.46. The fraction of sp³-hybridized carbons (Fsp3) is 0.182. The second-order valence-electron chi connectivity index (χ2n) is 7.47. The Balaban J connectivity index is 1.56. The molecule has 0 radical (unpaired) electrons. The SMILES string of the molecule is COCc1cc(C)nc2sc3c(c12)N[C@@H](c1ccc(-c2c(Cl)cc(Cl)c(Cl)c2O)o1)NC3=O. The molecule has 1 atom stereocenters. The number of ether oxygens (including phenoxy) is 1. The standard InChI is InChI=1S/C22H16Cl3N3O4S/c1-8-5-9(7-31-2)14-17-19(33-22(14)26-8)21(30)28-20(27-17)13-4-3-12(32-13)15-10(23)6-11(24)16(25)18(15)29/h3-6,20,27,29H,7H2,1-2H3,(H,28,30)/t20-/m1/s1. The first-order valence-electron chi connectivity index (χ1n) is 9.74. The summed E-state index contributed by atoms with van der Waals surface area (Å²) in [5.41, 5.74) is 2.67. The van der Waals surface area contributed by atoms with Crippen molar-refractivity contribution in [2.45, 2.75) is 19.7 Å². The molecule has 0 aliphatic carbocycles. The van der Waals surface area contributed by atoms with Gasteiger partial charge >= 0.3 is 0 Å². The molecule has 1 aliphatic heterocycles. The third-order valence-electron chi connectivity index (χ3n) is 5.25. The maximum Gasteiger partial charge on any atom is 0.265 e. The smallest absolute Gasteiger partial charge is 0.265 e. The van der Waals surface area contributed by atoms with Gasteiger partial charge in [-0.05, 0) is 36.8 Å². The van der Waals surface area contributed by atoms with E-state index < -0.39 is 6.17 Å². The summed E-state index contributed by atoms with van der Waals surface area (Å²) in [5, 5.41) is 17.8. The van der Waals surface area contributed by atoms with Crippen LogP contribution in [0.5, 0.6) is 5.75 Å². The molecule has 0 saturated heterocycles. The van der Waals surface area contributed by atoms with Gasteiger partial charge in [-0.25, -0.2) is 4.98 Å². The number of rotatable bonds is 4. The molecule has 11 heteroatoms. The van der Waals surface area contributed by atoms with Gasteiger partial charge in [-0.2, -0.15) is 0 Å². The molecule has 0 saturated carbocycles. The van der Waals surface area contributed by atoms with Crippen molar-refractivity contribution >= 4 is 68.0 Å². The Hall–Kier alpha value is -2.49. The highest BCUT2D eigenvalue weighted by molar-refractivity contribution is 7.21. The van der Waals surface area contributed by atoms with Crippen LogP contribution in [0.15, 0.2) is 28.7 Å². The van der Waals surface area contributed by atoms with Gasteiger partial charge in [0.1, 0.15) is 32.0 Å². The molecular weight excluding hydrogens is 509 g/mol. The molecule has 0 bridgehead atoms. The van der Waals surface area contributed by atoms with E-state index in [0.717, 1.165) is 21.5 Å². The van der Waals surface area contributed by atoms with E-state index in [0.29, 0.717) is 22.9 Å². The number of aromatic nitrogens is 1. The summed E-state index contributed by atoms with van der Waals surface area (Å²) in [4.78, 5) is 18.8. The molecule has 5 rings (SSSR count). The minimum Gasteiger partial charge on any atom is -0.505 e. The summed E-state index contributed by atoms with van der Waals surface area (Å²) in [6.07, 6.45) is -0.656. The van der Waals surface area contributed by atoms with Crippen LogP contribution in [0.25, 0.3) is 21.5 Å². The Bertz CT molecular complexity index is 1430. The van der Waals surface area contributed by atoms with Crippen molar-refractivity contribution in [3.8, 4) is 17.1 Å². The van der Waals surface area contributed by atoms with E-state index in [2.05, 4.69) is 15.6 Å². The van der Waals surface area contributed by atoms with Crippen molar-refractivity contribution in [1.82, 2.24) is 10.3 Å². The van der Waals surface area contributed by atoms with Crippen LogP contribution < -0.4 is 10.6 Å². The molecule has 1 aliphatic rings. The summed E-state index contributed by atoms with van der Waals surface area (Å²) in [6.45, 7) is 2.29. The monoisotopic (exact) mass is 523 g/mol. The van der Waals surface area contributed by atoms with Crippen molar-refractivity contribution in [2.75, 3.05) is 12.4 Å². The lowest BCUT2D eigenvalue weighted by Crippen LogP contribution is -2.37. The summed E-state index contributed by atoms with van der Waals surface area (Å²) >= 11 is 19.6. The van der Waals surface area contributed by atoms with Gasteiger partial charge in [0.15, 0.2) is 6.17 Å². The molecule has 3 N–H and O–H groups in total. The van der Waals surface area contributed by atoms with Gasteiger partial charge in [0.2, 0.25) is 0 Å². The molecule has 4 heterocycles. The number of pyridine rings is 1. The lowest BCUT2D eigenvalue weighted by Gasteiger charge is -2.24. The number of hydrogen-bond donors (Lipinski definition) is 3. The number of aromatic hydroxyl groups is 1. The Kier molecular flexibility index (Phi) is 5.66. The first-order valence-corrected chi connectivity index (χ1v) is 11.7. The number of phenolic OH excluding ortho intramolecular Hbond substituents is 1. The number of amides is 1. The number of fused-ring (bicyclic) bond motifs is 3. The Labute approximate surface area is 207 Å². The number of furan rings is 1. The van der Waals surface area contributed by atoms with E-state index >= 15 is 0 Å². The van der Waals surface area contributed by atoms with Crippen molar-refractivity contribution in [2.24, 2.45) is 0 Å². The summed E-state index contributed by atoms with van der Waals surface area (Å²) in [5.74, 6) is 0.164. The van der Waals surface area contributed by atoms with E-state index in [9.17, 15) is 9.90 Å². The molecule has 0 fully saturated rings. The maximum atomic E-state index is 12.9. The van der Waals surface area contributed by atoms with E-state index in [1.165, 1.54) is 17.4 Å². The number of anilines is 1. The maximum absolute atomic E-state index is 12.9. The molecule has 33 heavy (non-hydrogen) atoms. The average Bonchev–Trinajstić information content (AvgIpc) is 3.37. The number of carbonyl (C=O) groups excluding carboxylic acids is 1. The van der Waals surface area contributed by atoms with Gasteiger partial charge in [0.25, 0.3) is 5.91 Å². The number of hydrogen-bond acceptors (Lipinski definition) is 7. The van der Waals surface area contributed by atoms with Gasteiger partial charge in [-0.1, -0.05) is 34.8 Å². The number of carbonyl (C=O) groups is 1. The highest BCUT2D eigenvalue weighted by atomic mass is 35.5. The molecule has 0 spiro atoms. The second-order valence-corrected chi connectivity index (χ2v) is 9.66. The third kappa shape index (κ3) is 3.72. The predicted molar refractivity (Wildman–Crippen MR) is 130 cm³/mol. The Morgan fingerprint density at radius 3 is 2.76 bits per heavy atom. The predicted octanol–water partition coefficient (Wildman–Crippen LogP) is 6.53. The van der Waals surface area contributed by atoms with Crippen molar-refractivity contribution in [3.05, 3.63) is 61.2 Å². The largest absolute Gasteiger partial charge is 0.505 e. The first kappa shape index (κ1) is 22.3. The molecule has 0 unspecified atom stereocenters. The minimum atomic E-state index is -0.656. The zero-order valence-electron chi connectivity index (χ0n) is 17.3. The molecular formula is C22H16Cl3N3O4S. The molecule has 170 valence electrons. The van der Waals surface area contributed by atoms with Gasteiger partial charge in [0, 0.05) is 18.2 Å². The molecule has 7 nitrogen and oxygen atoms in total. The van der Waals surface area contributed by atoms with Crippen molar-refractivity contribution in [3.63, 3.8) is 0 Å². The third-order valence-corrected chi connectivity index (χ3v) is 7.40. The van der Waals surface area contributed by atoms with Crippen LogP contribution in [0.4, 0.5) is 5.69 Å². The van der Waals surface area contributed by atoms with Gasteiger partial charge in [-0.15, -0.1) is 11.3 Å². The topological polar surface area (TPSA) is 96.6 Å². The number of methoxy groups -OCH3 is 1. The number of aryl methyl sites for hydroxylation is 1. The van der Waals surface area contributed by atoms with E-state index in [-0.39, 0.29) is 38.0 Å². The normalized spacial score (nSPS) is 15.4. The van der Waals surface area contributed by atoms with Crippen LogP contribution in [0.1, 0.15) is 32.9 Å². The highest BCUT2D eigenvalue weighted by Gasteiger charge is 2.32. The van der Waals surface area contributed by atoms with Crippen LogP contribution >= 0.6 is 46.1 Å². The molecule has 4 aromatic rings. The van der Waals surface area contributed by atoms with Gasteiger partial charge in [0.05, 0.1) is 27.9 Å². The van der Waals surface area contributed by atoms with Crippen LogP contribution in [-0.4, -0.2) is 23.1 Å². The lowest BCUT2D eigenvalue weighted by molar-refractivity contribution is 0.0935. The van der Waals surface area contributed by atoms with E-state index in [1.807, 2.05) is 13.0 Å². The van der Waals surface area contributed by atoms with Crippen LogP contribution in [-0.2, 0) is 11.3 Å². The van der Waals surface area contributed by atoms with Gasteiger partial charge in [-0.3, -0.25) is 4.79 Å². The number of phenols is 1. The summed E-state index contributed by atoms with van der Waals surface area (Å²) in [7, 11) is 1.62. The summed E-state index contributed by atoms with van der Waals surface area (Å²) < 4.78 is 11.3. The molecule has 3 aromatic heterocycles. The minimum absolute atomic E-state index is 0.0269. The first-order chi connectivity index (χ1) is 15.8.